The Labute approximate surface area is 706 Å². The molecule has 2 aromatic heterocycles. The van der Waals surface area contributed by atoms with Crippen LogP contribution in [0.4, 0.5) is 34.1 Å². The average Bonchev–Trinajstić information content (AvgIpc) is 1.73. The number of nitrogens with zero attached hydrogens (tertiary/aromatic N) is 4. The highest BCUT2D eigenvalue weighted by molar-refractivity contribution is 6.23. The van der Waals surface area contributed by atoms with Gasteiger partial charge in [-0.15, -0.1) is 0 Å². The molecule has 22 aromatic rings. The second-order valence-electron chi connectivity index (χ2n) is 32.7. The van der Waals surface area contributed by atoms with Crippen molar-refractivity contribution in [3.05, 3.63) is 460 Å². The molecule has 0 N–H and O–H groups in total. The molecule has 4 nitrogen and oxygen atoms in total. The molecule has 0 unspecified atom stereocenters. The highest BCUT2D eigenvalue weighted by Crippen LogP contribution is 2.49. The van der Waals surface area contributed by atoms with Crippen molar-refractivity contribution in [2.45, 2.75) is 33.1 Å². The van der Waals surface area contributed by atoms with Crippen LogP contribution in [0, 0.1) is 6.92 Å². The van der Waals surface area contributed by atoms with E-state index in [2.05, 4.69) is 496 Å². The Morgan fingerprint density at radius 1 is 0.190 bits per heavy atom. The molecule has 0 radical (unpaired) electrons. The summed E-state index contributed by atoms with van der Waals surface area (Å²) in [6, 6.07) is 164. The summed E-state index contributed by atoms with van der Waals surface area (Å²) in [6.07, 6.45) is 0. The van der Waals surface area contributed by atoms with Crippen molar-refractivity contribution in [2.24, 2.45) is 0 Å². The Morgan fingerprint density at radius 3 is 0.802 bits per heavy atom. The summed E-state index contributed by atoms with van der Waals surface area (Å²) in [4.78, 5) is 4.70. The molecule has 0 fully saturated rings. The van der Waals surface area contributed by atoms with E-state index in [1.807, 2.05) is 0 Å². The lowest BCUT2D eigenvalue weighted by molar-refractivity contribution is 0.587. The van der Waals surface area contributed by atoms with Crippen LogP contribution in [-0.2, 0) is 5.41 Å². The number of anilines is 6. The minimum atomic E-state index is 0.00449. The SMILES string of the molecule is CC(C)(C)c1ccccc1-n1c2ccccc2c2cc(-c3ccc(N(c4ccccc4)c4ccc(-c5c6ccccc6c(-c6ccccc6)c6ccccc56)cc4)cc3)ccc21.Cc1ccc(-n2c3ccccc3c3cc(-c4ccc(N(c5ccccc5)c5ccc(-c6c7ccccc7c(-c7ccccc7)c7ccccc67)cc5)cc4)ccc32)cc1. The van der Waals surface area contributed by atoms with E-state index in [0.717, 1.165) is 34.1 Å². The van der Waals surface area contributed by atoms with Crippen LogP contribution in [0.15, 0.2) is 449 Å². The molecule has 0 atom stereocenters. The summed E-state index contributed by atoms with van der Waals surface area (Å²) in [5, 5.41) is 15.1. The molecular weight excluding hydrogens is 1460 g/mol. The first-order valence-corrected chi connectivity index (χ1v) is 42.0. The van der Waals surface area contributed by atoms with E-state index in [1.54, 1.807) is 0 Å². The third-order valence-corrected chi connectivity index (χ3v) is 24.4. The van der Waals surface area contributed by atoms with E-state index in [1.165, 1.54) is 176 Å². The van der Waals surface area contributed by atoms with E-state index in [-0.39, 0.29) is 5.41 Å². The van der Waals surface area contributed by atoms with E-state index in [0.29, 0.717) is 0 Å². The molecular formula is C117H86N4. The number of aryl methyl sites for hydroxylation is 1. The van der Waals surface area contributed by atoms with Crippen molar-refractivity contribution in [1.29, 1.82) is 0 Å². The molecule has 0 amide bonds. The van der Waals surface area contributed by atoms with E-state index in [9.17, 15) is 0 Å². The van der Waals surface area contributed by atoms with Crippen molar-refractivity contribution in [3.63, 3.8) is 0 Å². The van der Waals surface area contributed by atoms with Crippen LogP contribution in [0.25, 0.3) is 165 Å². The maximum Gasteiger partial charge on any atom is 0.0541 e. The van der Waals surface area contributed by atoms with Gasteiger partial charge >= 0.3 is 0 Å². The molecule has 0 aliphatic rings. The molecule has 0 saturated heterocycles. The summed E-state index contributed by atoms with van der Waals surface area (Å²) in [6.45, 7) is 9.03. The first-order chi connectivity index (χ1) is 59.6. The third kappa shape index (κ3) is 13.3. The Morgan fingerprint density at radius 2 is 0.446 bits per heavy atom. The van der Waals surface area contributed by atoms with Crippen LogP contribution in [-0.4, -0.2) is 9.13 Å². The average molecular weight is 1550 g/mol. The summed E-state index contributed by atoms with van der Waals surface area (Å²) in [5.74, 6) is 0. The summed E-state index contributed by atoms with van der Waals surface area (Å²) in [5.41, 5.74) is 31.2. The highest BCUT2D eigenvalue weighted by Gasteiger charge is 2.25. The molecule has 0 aliphatic carbocycles. The normalized spacial score (nSPS) is 11.6. The fraction of sp³-hybridized carbons (Fsp3) is 0.0427. The minimum absolute atomic E-state index is 0.00449. The Bertz CT molecular complexity index is 7500. The van der Waals surface area contributed by atoms with Gasteiger partial charge in [-0.2, -0.15) is 0 Å². The topological polar surface area (TPSA) is 16.3 Å². The number of hydrogen-bond acceptors (Lipinski definition) is 2. The monoisotopic (exact) mass is 1550 g/mol. The molecule has 0 bridgehead atoms. The molecule has 574 valence electrons. The number of aromatic nitrogens is 2. The lowest BCUT2D eigenvalue weighted by atomic mass is 9.85. The predicted molar refractivity (Wildman–Crippen MR) is 517 cm³/mol. The Kier molecular flexibility index (Phi) is 18.7. The lowest BCUT2D eigenvalue weighted by Gasteiger charge is -2.26. The predicted octanol–water partition coefficient (Wildman–Crippen LogP) is 32.7. The fourth-order valence-electron chi connectivity index (χ4n) is 18.8. The second kappa shape index (κ2) is 30.9. The maximum absolute atomic E-state index is 2.45. The van der Waals surface area contributed by atoms with Crippen LogP contribution in [0.2, 0.25) is 0 Å². The Hall–Kier alpha value is -15.4. The van der Waals surface area contributed by atoms with Crippen molar-refractivity contribution >= 4 is 121 Å². The molecule has 121 heavy (non-hydrogen) atoms. The lowest BCUT2D eigenvalue weighted by Crippen LogP contribution is -2.15. The summed E-state index contributed by atoms with van der Waals surface area (Å²) >= 11 is 0. The standard InChI is InChI=1S/C60H46N2.C57H40N2/c1-60(2,3)54-27-15-17-29-57(54)62-55-28-16-14-22-48(55)53-40-44(34-39-56(53)62)41-30-35-46(36-31-41)61(45-20-8-5-9-21-45)47-37-32-43(33-38-47)59-51-25-12-10-23-49(51)58(42-18-6-4-7-19-42)50-24-11-13-26-52(50)59;1-39-24-31-47(32-25-39)59-54-23-13-12-18-48(54)53-38-43(30-37-55(53)59)40-26-33-45(34-27-40)58(44-16-6-3-7-17-44)46-35-28-42(29-36-46)57-51-21-10-8-19-49(51)56(41-14-4-2-5-15-41)50-20-9-11-22-52(50)57/h4-40H,1-3H3;2-38H,1H3. The molecule has 22 rings (SSSR count). The van der Waals surface area contributed by atoms with E-state index >= 15 is 0 Å². The number of para-hydroxylation sites is 5. The molecule has 0 spiro atoms. The van der Waals surface area contributed by atoms with Gasteiger partial charge in [0.15, 0.2) is 0 Å². The fourth-order valence-corrected chi connectivity index (χ4v) is 18.8. The van der Waals surface area contributed by atoms with Crippen LogP contribution in [0.1, 0.15) is 31.9 Å². The van der Waals surface area contributed by atoms with Crippen LogP contribution in [0.5, 0.6) is 0 Å². The molecule has 4 heteroatoms. The first-order valence-electron chi connectivity index (χ1n) is 42.0. The minimum Gasteiger partial charge on any atom is -0.311 e. The molecule has 2 heterocycles. The van der Waals surface area contributed by atoms with Gasteiger partial charge < -0.3 is 18.9 Å². The van der Waals surface area contributed by atoms with Crippen molar-refractivity contribution in [2.75, 3.05) is 9.80 Å². The zero-order valence-corrected chi connectivity index (χ0v) is 68.0. The van der Waals surface area contributed by atoms with Gasteiger partial charge in [-0.1, -0.05) is 348 Å². The molecule has 0 aliphatic heterocycles. The smallest absolute Gasteiger partial charge is 0.0541 e. The van der Waals surface area contributed by atoms with Crippen molar-refractivity contribution in [1.82, 2.24) is 9.13 Å². The van der Waals surface area contributed by atoms with Crippen LogP contribution in [0.3, 0.4) is 0 Å². The molecule has 20 aromatic carbocycles. The number of fused-ring (bicyclic) bond motifs is 10. The highest BCUT2D eigenvalue weighted by atomic mass is 15.1. The van der Waals surface area contributed by atoms with Gasteiger partial charge in [-0.25, -0.2) is 0 Å². The second-order valence-corrected chi connectivity index (χ2v) is 32.7. The van der Waals surface area contributed by atoms with Gasteiger partial charge in [0, 0.05) is 67.0 Å². The first kappa shape index (κ1) is 73.3. The van der Waals surface area contributed by atoms with Gasteiger partial charge in [0.2, 0.25) is 0 Å². The summed E-state index contributed by atoms with van der Waals surface area (Å²) in [7, 11) is 0. The van der Waals surface area contributed by atoms with Gasteiger partial charge in [-0.05, 0) is 255 Å². The van der Waals surface area contributed by atoms with E-state index in [4.69, 9.17) is 0 Å². The van der Waals surface area contributed by atoms with E-state index < -0.39 is 0 Å². The van der Waals surface area contributed by atoms with Gasteiger partial charge in [0.1, 0.15) is 0 Å². The number of benzene rings is 20. The maximum atomic E-state index is 2.45. The zero-order chi connectivity index (χ0) is 81.1. The van der Waals surface area contributed by atoms with Crippen molar-refractivity contribution in [3.8, 4) is 78.1 Å². The quantitative estimate of drug-likeness (QED) is 0.101. The van der Waals surface area contributed by atoms with Crippen LogP contribution >= 0.6 is 0 Å². The number of hydrogen-bond donors (Lipinski definition) is 0. The number of rotatable bonds is 14. The van der Waals surface area contributed by atoms with Gasteiger partial charge in [0.25, 0.3) is 0 Å². The summed E-state index contributed by atoms with van der Waals surface area (Å²) < 4.78 is 4.83. The van der Waals surface area contributed by atoms with Crippen LogP contribution < -0.4 is 9.80 Å². The van der Waals surface area contributed by atoms with Gasteiger partial charge in [-0.3, -0.25) is 0 Å². The largest absolute Gasteiger partial charge is 0.311 e. The third-order valence-electron chi connectivity index (χ3n) is 24.4. The zero-order valence-electron chi connectivity index (χ0n) is 68.0. The Balaban J connectivity index is 0.000000150. The molecule has 0 saturated carbocycles. The van der Waals surface area contributed by atoms with Crippen molar-refractivity contribution < 1.29 is 0 Å². The van der Waals surface area contributed by atoms with Gasteiger partial charge in [0.05, 0.1) is 22.1 Å².